The van der Waals surface area contributed by atoms with E-state index in [-0.39, 0.29) is 11.7 Å². The fraction of sp³-hybridized carbons (Fsp3) is 0.440. The van der Waals surface area contributed by atoms with Crippen LogP contribution < -0.4 is 10.2 Å². The lowest BCUT2D eigenvalue weighted by molar-refractivity contribution is -0.113. The Kier molecular flexibility index (Phi) is 8.54. The maximum absolute atomic E-state index is 12.5. The molecule has 4 rings (SSSR count). The van der Waals surface area contributed by atoms with Gasteiger partial charge in [0.05, 0.1) is 11.4 Å². The maximum atomic E-state index is 12.5. The maximum Gasteiger partial charge on any atom is 0.234 e. The summed E-state index contributed by atoms with van der Waals surface area (Å²) in [5, 5.41) is 15.6. The molecule has 1 N–H and O–H groups in total. The molecule has 3 aromatic rings. The van der Waals surface area contributed by atoms with Crippen LogP contribution in [0.4, 0.5) is 11.4 Å². The number of anilines is 2. The van der Waals surface area contributed by atoms with Crippen LogP contribution in [0.15, 0.2) is 53.7 Å². The first-order chi connectivity index (χ1) is 16.7. The van der Waals surface area contributed by atoms with Gasteiger partial charge in [-0.05, 0) is 71.8 Å². The van der Waals surface area contributed by atoms with E-state index in [1.807, 2.05) is 24.3 Å². The average molecular weight is 480 g/mol. The van der Waals surface area contributed by atoms with Crippen LogP contribution in [0.5, 0.6) is 0 Å². The van der Waals surface area contributed by atoms with E-state index in [0.29, 0.717) is 5.16 Å². The number of likely N-dealkylation sites (N-methyl/N-ethyl adjacent to an activating group) is 1. The Morgan fingerprint density at radius 3 is 2.35 bits per heavy atom. The number of hydrogen-bond acceptors (Lipinski definition) is 7. The molecule has 0 aliphatic carbocycles. The Bertz CT molecular complexity index is 1040. The molecule has 0 unspecified atom stereocenters. The molecule has 34 heavy (non-hydrogen) atoms. The molecule has 1 fully saturated rings. The molecule has 1 aliphatic heterocycles. The van der Waals surface area contributed by atoms with E-state index in [1.54, 1.807) is 4.68 Å². The van der Waals surface area contributed by atoms with Gasteiger partial charge in [0, 0.05) is 37.6 Å². The number of rotatable bonds is 10. The Hall–Kier alpha value is -2.91. The number of nitrogens with one attached hydrogen (secondary N) is 1. The number of tetrazole rings is 1. The summed E-state index contributed by atoms with van der Waals surface area (Å²) in [6, 6.07) is 16.4. The molecule has 1 aliphatic rings. The second-order valence-electron chi connectivity index (χ2n) is 8.45. The zero-order valence-corrected chi connectivity index (χ0v) is 20.8. The first kappa shape index (κ1) is 24.2. The van der Waals surface area contributed by atoms with Gasteiger partial charge < -0.3 is 15.1 Å². The Morgan fingerprint density at radius 1 is 0.971 bits per heavy atom. The summed E-state index contributed by atoms with van der Waals surface area (Å²) in [5.74, 6) is 0.147. The van der Waals surface area contributed by atoms with Gasteiger partial charge in [0.25, 0.3) is 0 Å². The van der Waals surface area contributed by atoms with Crippen LogP contribution in [0.1, 0.15) is 32.3 Å². The third kappa shape index (κ3) is 6.36. The molecule has 1 saturated heterocycles. The van der Waals surface area contributed by atoms with Gasteiger partial charge in [-0.25, -0.2) is 0 Å². The molecule has 180 valence electrons. The Morgan fingerprint density at radius 2 is 1.68 bits per heavy atom. The smallest absolute Gasteiger partial charge is 0.234 e. The number of aromatic nitrogens is 4. The van der Waals surface area contributed by atoms with Crippen molar-refractivity contribution in [2.75, 3.05) is 48.7 Å². The zero-order valence-electron chi connectivity index (χ0n) is 20.0. The van der Waals surface area contributed by atoms with Gasteiger partial charge in [0.15, 0.2) is 0 Å². The summed E-state index contributed by atoms with van der Waals surface area (Å²) >= 11 is 1.32. The summed E-state index contributed by atoms with van der Waals surface area (Å²) in [6.07, 6.45) is 3.43. The highest BCUT2D eigenvalue weighted by Gasteiger charge is 2.16. The molecule has 1 aromatic heterocycles. The van der Waals surface area contributed by atoms with Crippen LogP contribution in [0.25, 0.3) is 5.69 Å². The van der Waals surface area contributed by atoms with Crippen molar-refractivity contribution in [2.45, 2.75) is 38.3 Å². The number of unbranched alkanes of at least 4 members (excludes halogenated alkanes) is 1. The number of carbonyl (C=O) groups is 1. The van der Waals surface area contributed by atoms with Crippen molar-refractivity contribution in [3.8, 4) is 5.69 Å². The lowest BCUT2D eigenvalue weighted by Gasteiger charge is -2.35. The largest absolute Gasteiger partial charge is 0.369 e. The van der Waals surface area contributed by atoms with E-state index in [9.17, 15) is 4.79 Å². The standard InChI is InChI=1S/C25H33N7OS/c1-3-5-6-20-7-11-23(12-8-20)32-25(27-28-29-32)34-19-24(33)26-21-9-13-22(14-10-21)31-17-15-30(4-2)16-18-31/h7-14H,3-6,15-19H2,1-2H3,(H,26,33). The summed E-state index contributed by atoms with van der Waals surface area (Å²) < 4.78 is 1.68. The topological polar surface area (TPSA) is 79.2 Å². The van der Waals surface area contributed by atoms with Gasteiger partial charge in [0.1, 0.15) is 0 Å². The highest BCUT2D eigenvalue weighted by atomic mass is 32.2. The zero-order chi connectivity index (χ0) is 23.8. The van der Waals surface area contributed by atoms with Crippen LogP contribution in [0, 0.1) is 0 Å². The molecule has 2 aromatic carbocycles. The number of thioether (sulfide) groups is 1. The minimum atomic E-state index is -0.0845. The van der Waals surface area contributed by atoms with E-state index in [2.05, 4.69) is 68.8 Å². The molecule has 0 radical (unpaired) electrons. The SMILES string of the molecule is CCCCc1ccc(-n2nnnc2SCC(=O)Nc2ccc(N3CCN(CC)CC3)cc2)cc1. The van der Waals surface area contributed by atoms with Crippen LogP contribution in [0.3, 0.4) is 0 Å². The third-order valence-electron chi connectivity index (χ3n) is 6.11. The number of nitrogens with zero attached hydrogens (tertiary/aromatic N) is 6. The summed E-state index contributed by atoms with van der Waals surface area (Å²) in [5.41, 5.74) is 4.19. The number of carbonyl (C=O) groups excluding carboxylic acids is 1. The quantitative estimate of drug-likeness (QED) is 0.442. The lowest BCUT2D eigenvalue weighted by atomic mass is 10.1. The molecular formula is C25H33N7OS. The summed E-state index contributed by atoms with van der Waals surface area (Å²) in [6.45, 7) is 9.76. The van der Waals surface area contributed by atoms with Crippen LogP contribution in [-0.4, -0.2) is 69.5 Å². The van der Waals surface area contributed by atoms with Gasteiger partial charge in [0.2, 0.25) is 11.1 Å². The number of hydrogen-bond donors (Lipinski definition) is 1. The number of aryl methyl sites for hydroxylation is 1. The monoisotopic (exact) mass is 479 g/mol. The van der Waals surface area contributed by atoms with Crippen molar-refractivity contribution >= 4 is 29.0 Å². The van der Waals surface area contributed by atoms with Gasteiger partial charge in [-0.15, -0.1) is 5.10 Å². The van der Waals surface area contributed by atoms with Crippen LogP contribution in [-0.2, 0) is 11.2 Å². The fourth-order valence-corrected chi connectivity index (χ4v) is 4.71. The first-order valence-electron chi connectivity index (χ1n) is 12.0. The van der Waals surface area contributed by atoms with E-state index in [4.69, 9.17) is 0 Å². The van der Waals surface area contributed by atoms with E-state index in [1.165, 1.54) is 35.9 Å². The van der Waals surface area contributed by atoms with Crippen molar-refractivity contribution in [1.29, 1.82) is 0 Å². The van der Waals surface area contributed by atoms with Gasteiger partial charge in [-0.3, -0.25) is 4.79 Å². The number of piperazine rings is 1. The highest BCUT2D eigenvalue weighted by molar-refractivity contribution is 7.99. The summed E-state index contributed by atoms with van der Waals surface area (Å²) in [4.78, 5) is 17.4. The van der Waals surface area contributed by atoms with Crippen molar-refractivity contribution in [3.63, 3.8) is 0 Å². The molecule has 2 heterocycles. The normalized spacial score (nSPS) is 14.4. The van der Waals surface area contributed by atoms with Crippen molar-refractivity contribution in [3.05, 3.63) is 54.1 Å². The molecule has 9 heteroatoms. The van der Waals surface area contributed by atoms with Crippen LogP contribution >= 0.6 is 11.8 Å². The van der Waals surface area contributed by atoms with Crippen LogP contribution in [0.2, 0.25) is 0 Å². The average Bonchev–Trinajstić information content (AvgIpc) is 3.36. The van der Waals surface area contributed by atoms with E-state index >= 15 is 0 Å². The summed E-state index contributed by atoms with van der Waals surface area (Å²) in [7, 11) is 0. The first-order valence-corrected chi connectivity index (χ1v) is 13.0. The highest BCUT2D eigenvalue weighted by Crippen LogP contribution is 2.22. The van der Waals surface area contributed by atoms with Gasteiger partial charge in [-0.1, -0.05) is 44.2 Å². The molecule has 1 amide bonds. The second-order valence-corrected chi connectivity index (χ2v) is 9.39. The number of amides is 1. The van der Waals surface area contributed by atoms with Crippen molar-refractivity contribution < 1.29 is 4.79 Å². The van der Waals surface area contributed by atoms with Crippen molar-refractivity contribution in [2.24, 2.45) is 0 Å². The fourth-order valence-electron chi connectivity index (χ4n) is 4.02. The lowest BCUT2D eigenvalue weighted by Crippen LogP contribution is -2.46. The second kappa shape index (κ2) is 12.0. The van der Waals surface area contributed by atoms with Crippen molar-refractivity contribution in [1.82, 2.24) is 25.1 Å². The predicted octanol–water partition coefficient (Wildman–Crippen LogP) is 3.88. The minimum Gasteiger partial charge on any atom is -0.369 e. The molecule has 8 nitrogen and oxygen atoms in total. The van der Waals surface area contributed by atoms with E-state index < -0.39 is 0 Å². The van der Waals surface area contributed by atoms with Gasteiger partial charge in [-0.2, -0.15) is 4.68 Å². The molecule has 0 bridgehead atoms. The molecule has 0 saturated carbocycles. The number of benzene rings is 2. The molecule has 0 spiro atoms. The minimum absolute atomic E-state index is 0.0845. The Balaban J connectivity index is 1.28. The third-order valence-corrected chi connectivity index (χ3v) is 7.03. The Labute approximate surface area is 205 Å². The van der Waals surface area contributed by atoms with Gasteiger partial charge >= 0.3 is 0 Å². The van der Waals surface area contributed by atoms with E-state index in [0.717, 1.165) is 50.5 Å². The predicted molar refractivity (Wildman–Crippen MR) is 138 cm³/mol. The molecular weight excluding hydrogens is 446 g/mol. The molecule has 0 atom stereocenters.